The third-order valence-electron chi connectivity index (χ3n) is 20.1. The molecule has 11 aromatic carbocycles. The summed E-state index contributed by atoms with van der Waals surface area (Å²) < 4.78 is 10.2. The minimum Gasteiger partial charge on any atom is -0.458 e. The first kappa shape index (κ1) is 62.3. The van der Waals surface area contributed by atoms with Crippen molar-refractivity contribution in [2.75, 3.05) is 4.90 Å². The van der Waals surface area contributed by atoms with E-state index >= 15 is 0 Å². The van der Waals surface area contributed by atoms with Crippen LogP contribution in [0.4, 0.5) is 17.1 Å². The molecule has 0 saturated heterocycles. The number of para-hydroxylation sites is 2. The van der Waals surface area contributed by atoms with E-state index in [2.05, 4.69) is 359 Å². The molecular formula is C90H91BN2O. The molecular weight excluding hydrogens is 1140 g/mol. The van der Waals surface area contributed by atoms with Crippen LogP contribution in [0.3, 0.4) is 0 Å². The summed E-state index contributed by atoms with van der Waals surface area (Å²) in [5, 5.41) is 2.39. The molecule has 0 unspecified atom stereocenters. The Hall–Kier alpha value is -9.12. The Balaban J connectivity index is 1.17. The lowest BCUT2D eigenvalue weighted by Gasteiger charge is -2.42. The van der Waals surface area contributed by atoms with Crippen LogP contribution in [0.1, 0.15) is 158 Å². The normalized spacial score (nSPS) is 13.5. The first-order chi connectivity index (χ1) is 44.4. The van der Waals surface area contributed by atoms with Crippen LogP contribution in [-0.4, -0.2) is 11.3 Å². The number of benzene rings is 11. The molecule has 94 heavy (non-hydrogen) atoms. The van der Waals surface area contributed by atoms with Crippen LogP contribution in [0.25, 0.3) is 83.1 Å². The molecule has 12 aromatic rings. The van der Waals surface area contributed by atoms with Crippen molar-refractivity contribution in [2.24, 2.45) is 0 Å². The molecule has 470 valence electrons. The second-order valence-electron chi connectivity index (χ2n) is 33.2. The Morgan fingerprint density at radius 1 is 0.309 bits per heavy atom. The van der Waals surface area contributed by atoms with Crippen LogP contribution in [-0.2, 0) is 32.5 Å². The lowest BCUT2D eigenvalue weighted by molar-refractivity contribution is 0.488. The van der Waals surface area contributed by atoms with Gasteiger partial charge >= 0.3 is 0 Å². The molecule has 0 radical (unpaired) electrons. The van der Waals surface area contributed by atoms with Crippen LogP contribution in [0.5, 0.6) is 11.5 Å². The van der Waals surface area contributed by atoms with E-state index in [-0.39, 0.29) is 39.2 Å². The molecule has 0 atom stereocenters. The lowest BCUT2D eigenvalue weighted by Crippen LogP contribution is -2.59. The summed E-state index contributed by atoms with van der Waals surface area (Å²) in [6.07, 6.45) is 0. The molecule has 0 bridgehead atoms. The van der Waals surface area contributed by atoms with Crippen molar-refractivity contribution in [3.8, 4) is 72.8 Å². The summed E-state index contributed by atoms with van der Waals surface area (Å²) in [5.41, 5.74) is 29.3. The second kappa shape index (κ2) is 22.3. The van der Waals surface area contributed by atoms with Gasteiger partial charge in [-0.05, 0) is 175 Å². The average Bonchev–Trinajstić information content (AvgIpc) is 1.11. The molecule has 0 amide bonds. The van der Waals surface area contributed by atoms with Gasteiger partial charge in [-0.25, -0.2) is 0 Å². The van der Waals surface area contributed by atoms with E-state index in [1.54, 1.807) is 0 Å². The van der Waals surface area contributed by atoms with Crippen LogP contribution in [0, 0.1) is 0 Å². The minimum atomic E-state index is -0.211. The lowest BCUT2D eigenvalue weighted by atomic mass is 9.34. The van der Waals surface area contributed by atoms with Gasteiger partial charge in [-0.2, -0.15) is 0 Å². The summed E-state index contributed by atoms with van der Waals surface area (Å²) in [4.78, 5) is 2.70. The highest BCUT2D eigenvalue weighted by molar-refractivity contribution is 6.99. The van der Waals surface area contributed by atoms with E-state index < -0.39 is 0 Å². The van der Waals surface area contributed by atoms with Crippen LogP contribution >= 0.6 is 0 Å². The fourth-order valence-corrected chi connectivity index (χ4v) is 14.4. The van der Waals surface area contributed by atoms with Gasteiger partial charge in [0, 0.05) is 39.0 Å². The molecule has 0 spiro atoms. The van der Waals surface area contributed by atoms with Gasteiger partial charge in [0.05, 0.1) is 16.7 Å². The van der Waals surface area contributed by atoms with E-state index in [1.165, 1.54) is 83.0 Å². The Morgan fingerprint density at radius 2 is 0.734 bits per heavy atom. The van der Waals surface area contributed by atoms with Crippen molar-refractivity contribution in [1.29, 1.82) is 0 Å². The van der Waals surface area contributed by atoms with Crippen molar-refractivity contribution < 1.29 is 4.74 Å². The summed E-state index contributed by atoms with van der Waals surface area (Å²) >= 11 is 0. The maximum atomic E-state index is 7.69. The molecule has 0 saturated carbocycles. The van der Waals surface area contributed by atoms with Gasteiger partial charge in [-0.1, -0.05) is 301 Å². The Kier molecular flexibility index (Phi) is 14.8. The van der Waals surface area contributed by atoms with Gasteiger partial charge in [0.2, 0.25) is 0 Å². The average molecular weight is 1230 g/mol. The number of ether oxygens (including phenoxy) is 1. The topological polar surface area (TPSA) is 17.4 Å². The maximum Gasteiger partial charge on any atom is 0.256 e. The molecule has 3 nitrogen and oxygen atoms in total. The third kappa shape index (κ3) is 11.1. The summed E-state index contributed by atoms with van der Waals surface area (Å²) in [5.74, 6) is 1.75. The third-order valence-corrected chi connectivity index (χ3v) is 20.1. The SMILES string of the molecule is CC(C)(C)c1cc(-c2ccc3c(c2)B2c4ccc(-c5cc(C(C)(C)C)cc(C(C)(C)C)c5)cc4N(c4c(-c5ccccc5)cc5c(c4-c4ccccc4)c4ccccc4n5-c4ccccc4)c4cc(-c5cc(C(C)(C)C)cc(C(C)(C)C)c5)cc(c42)O3)cc(C(C)(C)C)c1. The van der Waals surface area contributed by atoms with E-state index in [4.69, 9.17) is 4.74 Å². The zero-order valence-electron chi connectivity index (χ0n) is 58.7. The molecule has 2 aliphatic rings. The molecule has 2 aliphatic heterocycles. The van der Waals surface area contributed by atoms with Crippen molar-refractivity contribution >= 4 is 62.0 Å². The number of nitrogens with zero attached hydrogens (tertiary/aromatic N) is 2. The van der Waals surface area contributed by atoms with Crippen molar-refractivity contribution in [3.05, 3.63) is 258 Å². The van der Waals surface area contributed by atoms with Gasteiger partial charge in [-0.15, -0.1) is 0 Å². The zero-order chi connectivity index (χ0) is 66.3. The maximum absolute atomic E-state index is 7.69. The quantitative estimate of drug-likeness (QED) is 0.148. The first-order valence-corrected chi connectivity index (χ1v) is 34.1. The number of anilines is 3. The largest absolute Gasteiger partial charge is 0.458 e. The van der Waals surface area contributed by atoms with Gasteiger partial charge in [0.25, 0.3) is 6.71 Å². The predicted octanol–water partition coefficient (Wildman–Crippen LogP) is 23.3. The molecule has 0 N–H and O–H groups in total. The minimum absolute atomic E-state index is 0.0564. The van der Waals surface area contributed by atoms with Gasteiger partial charge < -0.3 is 14.2 Å². The first-order valence-electron chi connectivity index (χ1n) is 34.1. The highest BCUT2D eigenvalue weighted by Crippen LogP contribution is 2.55. The zero-order valence-corrected chi connectivity index (χ0v) is 58.7. The van der Waals surface area contributed by atoms with Gasteiger partial charge in [0.15, 0.2) is 0 Å². The molecule has 0 aliphatic carbocycles. The molecule has 4 heteroatoms. The fourth-order valence-electron chi connectivity index (χ4n) is 14.4. The van der Waals surface area contributed by atoms with Gasteiger partial charge in [0.1, 0.15) is 11.5 Å². The summed E-state index contributed by atoms with van der Waals surface area (Å²) in [6, 6.07) is 86.3. The Labute approximate surface area is 560 Å². The van der Waals surface area contributed by atoms with E-state index in [0.29, 0.717) is 0 Å². The molecule has 14 rings (SSSR count). The standard InChI is InChI=1S/C90H91BN2O/c1-85(2,3)64-42-60(43-65(52-64)86(4,5)6)58-39-41-79-74(48-58)91-73-40-38-59(61-44-66(87(7,8)9)53-67(45-61)88(10,11)12)49-76(73)93(78-50-63(51-80(94-79)83(78)91)62-46-68(89(13,14)15)54-69(47-62)90(16,17)18)84-72(56-30-22-19-23-31-56)55-77-82(81(84)57-32-24-20-25-33-57)71-36-28-29-37-75(71)92(77)70-34-26-21-27-35-70/h19-55H,1-18H3. The highest BCUT2D eigenvalue weighted by Gasteiger charge is 2.45. The van der Waals surface area contributed by atoms with Crippen molar-refractivity contribution in [3.63, 3.8) is 0 Å². The van der Waals surface area contributed by atoms with Crippen molar-refractivity contribution in [2.45, 2.75) is 157 Å². The monoisotopic (exact) mass is 1230 g/mol. The van der Waals surface area contributed by atoms with Crippen molar-refractivity contribution in [1.82, 2.24) is 4.57 Å². The number of fused-ring (bicyclic) bond motifs is 7. The number of rotatable bonds is 7. The molecule has 1 aromatic heterocycles. The summed E-state index contributed by atoms with van der Waals surface area (Å²) in [6.45, 7) is 42.0. The number of hydrogen-bond acceptors (Lipinski definition) is 2. The molecule has 3 heterocycles. The second-order valence-corrected chi connectivity index (χ2v) is 33.2. The van der Waals surface area contributed by atoms with Crippen LogP contribution in [0.15, 0.2) is 224 Å². The summed E-state index contributed by atoms with van der Waals surface area (Å²) in [7, 11) is 0. The fraction of sp³-hybridized carbons (Fsp3) is 0.267. The van der Waals surface area contributed by atoms with Gasteiger partial charge in [-0.3, -0.25) is 0 Å². The number of aromatic nitrogens is 1. The Bertz CT molecular complexity index is 4870. The predicted molar refractivity (Wildman–Crippen MR) is 406 cm³/mol. The van der Waals surface area contributed by atoms with E-state index in [1.807, 2.05) is 0 Å². The highest BCUT2D eigenvalue weighted by atomic mass is 16.5. The number of hydrogen-bond donors (Lipinski definition) is 0. The Morgan fingerprint density at radius 3 is 1.24 bits per heavy atom. The van der Waals surface area contributed by atoms with Crippen LogP contribution in [0.2, 0.25) is 0 Å². The van der Waals surface area contributed by atoms with E-state index in [0.717, 1.165) is 78.5 Å². The molecule has 0 fully saturated rings. The smallest absolute Gasteiger partial charge is 0.256 e. The van der Waals surface area contributed by atoms with E-state index in [9.17, 15) is 0 Å². The van der Waals surface area contributed by atoms with Crippen LogP contribution < -0.4 is 26.0 Å².